The molecule has 0 unspecified atom stereocenters. The predicted molar refractivity (Wildman–Crippen MR) is 396 cm³/mol. The fraction of sp³-hybridized carbons (Fsp3) is 0. The lowest BCUT2D eigenvalue weighted by atomic mass is 9.93. The molecule has 2 aromatic heterocycles. The van der Waals surface area contributed by atoms with Gasteiger partial charge < -0.3 is 14.2 Å². The van der Waals surface area contributed by atoms with Gasteiger partial charge in [-0.05, 0) is 189 Å². The Morgan fingerprint density at radius 2 is 0.620 bits per heavy atom. The number of thiophene rings is 1. The molecule has 0 fully saturated rings. The summed E-state index contributed by atoms with van der Waals surface area (Å²) >= 11 is 1.91. The third kappa shape index (κ3) is 9.02. The Labute approximate surface area is 535 Å². The second kappa shape index (κ2) is 22.0. The van der Waals surface area contributed by atoms with Gasteiger partial charge in [0.25, 0.3) is 0 Å². The van der Waals surface area contributed by atoms with E-state index in [2.05, 4.69) is 343 Å². The maximum atomic E-state index is 6.24. The van der Waals surface area contributed by atoms with Crippen molar-refractivity contribution in [2.24, 2.45) is 0 Å². The molecular formula is C88H56N2OS. The van der Waals surface area contributed by atoms with Crippen molar-refractivity contribution < 1.29 is 4.42 Å². The van der Waals surface area contributed by atoms with Crippen LogP contribution in [0.25, 0.3) is 140 Å². The van der Waals surface area contributed by atoms with Gasteiger partial charge in [-0.2, -0.15) is 0 Å². The molecule has 0 saturated heterocycles. The lowest BCUT2D eigenvalue weighted by molar-refractivity contribution is 0.669. The molecule has 0 spiro atoms. The molecule has 0 aliphatic rings. The van der Waals surface area contributed by atoms with Crippen LogP contribution in [0.15, 0.2) is 344 Å². The molecule has 17 aromatic carbocycles. The van der Waals surface area contributed by atoms with E-state index in [1.807, 2.05) is 17.4 Å². The smallest absolute Gasteiger partial charge is 0.136 e. The van der Waals surface area contributed by atoms with Crippen LogP contribution in [0.4, 0.5) is 34.1 Å². The number of hydrogen-bond acceptors (Lipinski definition) is 4. The zero-order valence-electron chi connectivity index (χ0n) is 50.0. The molecule has 2 heterocycles. The number of benzene rings is 17. The number of hydrogen-bond donors (Lipinski definition) is 0. The molecule has 430 valence electrons. The van der Waals surface area contributed by atoms with Gasteiger partial charge in [-0.1, -0.05) is 243 Å². The molecule has 0 amide bonds. The normalized spacial score (nSPS) is 11.7. The van der Waals surface area contributed by atoms with Crippen LogP contribution in [0.5, 0.6) is 0 Å². The Morgan fingerprint density at radius 1 is 0.207 bits per heavy atom. The van der Waals surface area contributed by atoms with Gasteiger partial charge in [-0.3, -0.25) is 0 Å². The van der Waals surface area contributed by atoms with Crippen LogP contribution in [-0.4, -0.2) is 0 Å². The van der Waals surface area contributed by atoms with Crippen LogP contribution in [0.2, 0.25) is 0 Å². The van der Waals surface area contributed by atoms with Crippen LogP contribution in [0.1, 0.15) is 0 Å². The summed E-state index contributed by atoms with van der Waals surface area (Å²) in [5.74, 6) is 0. The Bertz CT molecular complexity index is 6060. The third-order valence-electron chi connectivity index (χ3n) is 18.6. The van der Waals surface area contributed by atoms with E-state index in [-0.39, 0.29) is 0 Å². The van der Waals surface area contributed by atoms with Crippen molar-refractivity contribution in [1.29, 1.82) is 0 Å². The van der Waals surface area contributed by atoms with Gasteiger partial charge in [-0.25, -0.2) is 0 Å². The van der Waals surface area contributed by atoms with Crippen molar-refractivity contribution in [3.05, 3.63) is 340 Å². The largest absolute Gasteiger partial charge is 0.456 e. The molecule has 0 aliphatic heterocycles. The van der Waals surface area contributed by atoms with Gasteiger partial charge in [0.1, 0.15) is 11.2 Å². The van der Waals surface area contributed by atoms with Crippen molar-refractivity contribution in [3.8, 4) is 22.3 Å². The highest BCUT2D eigenvalue weighted by Crippen LogP contribution is 2.48. The molecule has 3 nitrogen and oxygen atoms in total. The van der Waals surface area contributed by atoms with Crippen molar-refractivity contribution in [2.45, 2.75) is 0 Å². The number of para-hydroxylation sites is 2. The molecule has 0 bridgehead atoms. The van der Waals surface area contributed by atoms with E-state index < -0.39 is 0 Å². The van der Waals surface area contributed by atoms with E-state index in [4.69, 9.17) is 4.42 Å². The number of furan rings is 1. The lowest BCUT2D eigenvalue weighted by Crippen LogP contribution is -2.10. The highest BCUT2D eigenvalue weighted by molar-refractivity contribution is 7.27. The van der Waals surface area contributed by atoms with Crippen LogP contribution in [-0.2, 0) is 0 Å². The topological polar surface area (TPSA) is 19.6 Å². The van der Waals surface area contributed by atoms with Gasteiger partial charge in [0.15, 0.2) is 0 Å². The van der Waals surface area contributed by atoms with Gasteiger partial charge in [0.05, 0.1) is 0 Å². The number of rotatable bonds is 8. The first kappa shape index (κ1) is 53.2. The summed E-state index contributed by atoms with van der Waals surface area (Å²) in [4.78, 5) is 4.72. The molecule has 0 aliphatic carbocycles. The number of fused-ring (bicyclic) bond motifs is 20. The fourth-order valence-corrected chi connectivity index (χ4v) is 15.6. The summed E-state index contributed by atoms with van der Waals surface area (Å²) < 4.78 is 8.95. The Hall–Kier alpha value is -11.8. The van der Waals surface area contributed by atoms with E-state index in [9.17, 15) is 0 Å². The van der Waals surface area contributed by atoms with E-state index in [1.165, 1.54) is 123 Å². The molecular weight excluding hydrogens is 1130 g/mol. The first-order valence-electron chi connectivity index (χ1n) is 31.4. The average Bonchev–Trinajstić information content (AvgIpc) is 1.57. The quantitative estimate of drug-likeness (QED) is 0.141. The minimum atomic E-state index is 0.924. The molecule has 92 heavy (non-hydrogen) atoms. The summed E-state index contributed by atoms with van der Waals surface area (Å²) in [6, 6.07) is 123. The molecule has 4 heteroatoms. The molecule has 0 N–H and O–H groups in total. The molecule has 0 saturated carbocycles. The molecule has 19 aromatic rings. The third-order valence-corrected chi connectivity index (χ3v) is 19.8. The minimum Gasteiger partial charge on any atom is -0.456 e. The van der Waals surface area contributed by atoms with E-state index in [1.54, 1.807) is 0 Å². The van der Waals surface area contributed by atoms with Gasteiger partial charge >= 0.3 is 0 Å². The average molecular weight is 1190 g/mol. The molecule has 0 radical (unpaired) electrons. The Kier molecular flexibility index (Phi) is 12.8. The maximum Gasteiger partial charge on any atom is 0.136 e. The highest BCUT2D eigenvalue weighted by atomic mass is 32.1. The SMILES string of the molecule is c1ccc(-c2ccc(N(c3ccc4ccccc4c3)c3ccc4c(ccc5ccc6c(ccc7oc8ccccc8c76)c54)c3)cc2)cc1.c1ccc(-c2ccc(N(c3ccccc3)c3ccc4c(ccc5c4c4ccccc4c4sc6ccccc6c54)c3)cc2)cc1. The van der Waals surface area contributed by atoms with Crippen molar-refractivity contribution in [1.82, 2.24) is 0 Å². The fourth-order valence-electron chi connectivity index (χ4n) is 14.3. The second-order valence-electron chi connectivity index (χ2n) is 23.9. The second-order valence-corrected chi connectivity index (χ2v) is 24.9. The van der Waals surface area contributed by atoms with Crippen LogP contribution >= 0.6 is 11.3 Å². The van der Waals surface area contributed by atoms with E-state index in [0.717, 1.165) is 50.7 Å². The standard InChI is InChI=1S/C46H29NO.C42H27NS/c1-2-8-30(9-3-1)32-16-20-36(21-17-32)47(37-22-18-31-10-4-5-11-34(31)28-37)38-23-25-39-35(29-38)15-14-33-19-24-41-40(45(33)39)26-27-44-46(41)42-12-6-7-13-43(42)48-44;1-3-11-28(12-4-1)29-19-22-32(23-20-29)43(31-13-5-2-6-14-31)33-24-26-34-30(27-33)21-25-38-40(34)35-15-7-8-16-36(35)42-41(38)37-17-9-10-18-39(37)44-42/h1-29H;1-27H. The maximum absolute atomic E-state index is 6.24. The number of nitrogens with zero attached hydrogens (tertiary/aromatic N) is 2. The predicted octanol–water partition coefficient (Wildman–Crippen LogP) is 26.0. The summed E-state index contributed by atoms with van der Waals surface area (Å²) in [5.41, 5.74) is 13.5. The van der Waals surface area contributed by atoms with Crippen molar-refractivity contribution >= 4 is 163 Å². The van der Waals surface area contributed by atoms with E-state index in [0.29, 0.717) is 0 Å². The molecule has 19 rings (SSSR count). The van der Waals surface area contributed by atoms with Crippen molar-refractivity contribution in [3.63, 3.8) is 0 Å². The van der Waals surface area contributed by atoms with Crippen LogP contribution in [0.3, 0.4) is 0 Å². The summed E-state index contributed by atoms with van der Waals surface area (Å²) in [6.45, 7) is 0. The highest BCUT2D eigenvalue weighted by Gasteiger charge is 2.21. The molecule has 0 atom stereocenters. The summed E-state index contributed by atoms with van der Waals surface area (Å²) in [5, 5.41) is 22.7. The first-order chi connectivity index (χ1) is 45.6. The Balaban J connectivity index is 0.000000136. The van der Waals surface area contributed by atoms with Gasteiger partial charge in [0.2, 0.25) is 0 Å². The van der Waals surface area contributed by atoms with Crippen LogP contribution in [0, 0.1) is 0 Å². The zero-order valence-corrected chi connectivity index (χ0v) is 50.9. The monoisotopic (exact) mass is 1190 g/mol. The van der Waals surface area contributed by atoms with Crippen LogP contribution < -0.4 is 9.80 Å². The summed E-state index contributed by atoms with van der Waals surface area (Å²) in [7, 11) is 0. The minimum absolute atomic E-state index is 0.924. The van der Waals surface area contributed by atoms with Gasteiger partial charge in [-0.15, -0.1) is 11.3 Å². The first-order valence-corrected chi connectivity index (χ1v) is 32.3. The summed E-state index contributed by atoms with van der Waals surface area (Å²) in [6.07, 6.45) is 0. The lowest BCUT2D eigenvalue weighted by Gasteiger charge is -2.26. The number of anilines is 6. The van der Waals surface area contributed by atoms with Gasteiger partial charge in [0, 0.05) is 70.5 Å². The van der Waals surface area contributed by atoms with Crippen molar-refractivity contribution in [2.75, 3.05) is 9.80 Å². The Morgan fingerprint density at radius 3 is 1.30 bits per heavy atom. The zero-order chi connectivity index (χ0) is 60.6. The van der Waals surface area contributed by atoms with E-state index >= 15 is 0 Å².